The third kappa shape index (κ3) is 18.2. The lowest BCUT2D eigenvalue weighted by Crippen LogP contribution is -2.56. The smallest absolute Gasteiger partial charge is 0.228 e. The van der Waals surface area contributed by atoms with Crippen LogP contribution < -0.4 is 16.0 Å². The highest BCUT2D eigenvalue weighted by Crippen LogP contribution is 2.29. The number of rotatable bonds is 19. The van der Waals surface area contributed by atoms with Gasteiger partial charge in [0.05, 0.1) is 0 Å². The minimum Gasteiger partial charge on any atom is -0.339 e. The number of anilines is 1. The highest BCUT2D eigenvalue weighted by atomic mass is 35.6. The Balaban J connectivity index is 2.08. The summed E-state index contributed by atoms with van der Waals surface area (Å²) in [5.41, 5.74) is 0.803. The van der Waals surface area contributed by atoms with Crippen molar-refractivity contribution in [1.82, 2.24) is 10.6 Å². The van der Waals surface area contributed by atoms with Gasteiger partial charge >= 0.3 is 0 Å². The molecule has 0 aliphatic rings. The van der Waals surface area contributed by atoms with Crippen LogP contribution in [0.25, 0.3) is 0 Å². The number of hydrogen-bond acceptors (Lipinski definition) is 2. The maximum Gasteiger partial charge on any atom is 0.228 e. The fourth-order valence-corrected chi connectivity index (χ4v) is 4.47. The quantitative estimate of drug-likeness (QED) is 0.0679. The summed E-state index contributed by atoms with van der Waals surface area (Å²) in [5, 5.41) is 8.91. The van der Waals surface area contributed by atoms with Crippen molar-refractivity contribution in [3.05, 3.63) is 30.3 Å². The number of halogens is 3. The molecule has 0 aromatic heterocycles. The van der Waals surface area contributed by atoms with E-state index in [0.717, 1.165) is 24.9 Å². The summed E-state index contributed by atoms with van der Waals surface area (Å²) in [6.45, 7) is 2.27. The topological polar surface area (TPSA) is 53.2 Å². The average molecular weight is 565 g/mol. The van der Waals surface area contributed by atoms with Crippen LogP contribution >= 0.6 is 47.0 Å². The monoisotopic (exact) mass is 563 g/mol. The first-order valence-corrected chi connectivity index (χ1v) is 14.9. The standard InChI is InChI=1S/C27H44Cl3N3OS/c1-2-3-4-5-6-7-8-9-10-11-12-13-14-15-19-22-24(34)32-25(27(28,29)30)33-26(35)31-23-20-17-16-18-21-23/h16-18,20-21,25H,2-15,19,22H2,1H3,(H,32,34)(H2,31,33,35)/t25-/m0/s1. The van der Waals surface area contributed by atoms with Gasteiger partial charge in [0.15, 0.2) is 5.11 Å². The molecule has 1 amide bonds. The van der Waals surface area contributed by atoms with E-state index in [9.17, 15) is 4.79 Å². The van der Waals surface area contributed by atoms with E-state index in [1.807, 2.05) is 30.3 Å². The maximum absolute atomic E-state index is 12.4. The normalized spacial score (nSPS) is 12.2. The summed E-state index contributed by atoms with van der Waals surface area (Å²) in [6.07, 6.45) is 18.8. The molecule has 200 valence electrons. The summed E-state index contributed by atoms with van der Waals surface area (Å²) in [5.74, 6) is -0.161. The summed E-state index contributed by atoms with van der Waals surface area (Å²) in [7, 11) is 0. The fourth-order valence-electron chi connectivity index (χ4n) is 3.91. The van der Waals surface area contributed by atoms with Gasteiger partial charge in [0.2, 0.25) is 9.70 Å². The lowest BCUT2D eigenvalue weighted by molar-refractivity contribution is -0.122. The van der Waals surface area contributed by atoms with Gasteiger partial charge in [0.25, 0.3) is 0 Å². The second kappa shape index (κ2) is 20.3. The molecule has 0 saturated heterocycles. The van der Waals surface area contributed by atoms with Gasteiger partial charge in [-0.1, -0.05) is 150 Å². The molecule has 0 fully saturated rings. The number of benzene rings is 1. The number of unbranched alkanes of at least 4 members (excludes halogenated alkanes) is 14. The van der Waals surface area contributed by atoms with E-state index in [1.165, 1.54) is 77.0 Å². The van der Waals surface area contributed by atoms with Crippen molar-refractivity contribution < 1.29 is 4.79 Å². The van der Waals surface area contributed by atoms with Crippen molar-refractivity contribution in [3.8, 4) is 0 Å². The van der Waals surface area contributed by atoms with E-state index >= 15 is 0 Å². The molecule has 0 heterocycles. The van der Waals surface area contributed by atoms with Crippen LogP contribution in [0.4, 0.5) is 5.69 Å². The van der Waals surface area contributed by atoms with Gasteiger partial charge in [0, 0.05) is 12.1 Å². The van der Waals surface area contributed by atoms with Crippen LogP contribution in [0.1, 0.15) is 110 Å². The van der Waals surface area contributed by atoms with Crippen LogP contribution in [-0.4, -0.2) is 21.0 Å². The molecule has 35 heavy (non-hydrogen) atoms. The van der Waals surface area contributed by atoms with Gasteiger partial charge in [-0.15, -0.1) is 0 Å². The van der Waals surface area contributed by atoms with E-state index < -0.39 is 9.96 Å². The SMILES string of the molecule is CCCCCCCCCCCCCCCCCC(=O)N[C@@H](NC(=S)Nc1ccccc1)C(Cl)(Cl)Cl. The van der Waals surface area contributed by atoms with Gasteiger partial charge in [-0.2, -0.15) is 0 Å². The summed E-state index contributed by atoms with van der Waals surface area (Å²) < 4.78 is -1.74. The Morgan fingerprint density at radius 1 is 0.771 bits per heavy atom. The first kappa shape index (κ1) is 32.3. The van der Waals surface area contributed by atoms with Gasteiger partial charge in [-0.05, 0) is 30.8 Å². The fraction of sp³-hybridized carbons (Fsp3) is 0.704. The molecule has 3 N–H and O–H groups in total. The largest absolute Gasteiger partial charge is 0.339 e. The molecule has 1 aromatic rings. The molecule has 1 atom stereocenters. The molecule has 0 bridgehead atoms. The van der Waals surface area contributed by atoms with Crippen molar-refractivity contribution in [2.24, 2.45) is 0 Å². The Morgan fingerprint density at radius 3 is 1.69 bits per heavy atom. The number of amides is 1. The molecular weight excluding hydrogens is 521 g/mol. The van der Waals surface area contributed by atoms with Crippen molar-refractivity contribution in [1.29, 1.82) is 0 Å². The highest BCUT2D eigenvalue weighted by Gasteiger charge is 2.34. The molecule has 0 aliphatic heterocycles. The van der Waals surface area contributed by atoms with E-state index in [-0.39, 0.29) is 11.0 Å². The van der Waals surface area contributed by atoms with Crippen LogP contribution in [-0.2, 0) is 4.79 Å². The third-order valence-corrected chi connectivity index (χ3v) is 6.82. The lowest BCUT2D eigenvalue weighted by Gasteiger charge is -2.27. The van der Waals surface area contributed by atoms with Gasteiger partial charge in [0.1, 0.15) is 6.17 Å². The van der Waals surface area contributed by atoms with Crippen LogP contribution in [0.2, 0.25) is 0 Å². The lowest BCUT2D eigenvalue weighted by atomic mass is 10.0. The first-order valence-electron chi connectivity index (χ1n) is 13.3. The summed E-state index contributed by atoms with van der Waals surface area (Å²) in [4.78, 5) is 12.4. The molecule has 4 nitrogen and oxygen atoms in total. The zero-order valence-electron chi connectivity index (χ0n) is 21.2. The molecular formula is C27H44Cl3N3OS. The highest BCUT2D eigenvalue weighted by molar-refractivity contribution is 7.80. The number of para-hydroxylation sites is 1. The molecule has 0 aliphatic carbocycles. The molecule has 0 spiro atoms. The Kier molecular flexibility index (Phi) is 18.7. The van der Waals surface area contributed by atoms with Gasteiger partial charge in [-0.25, -0.2) is 0 Å². The summed E-state index contributed by atoms with van der Waals surface area (Å²) >= 11 is 23.5. The first-order chi connectivity index (χ1) is 16.8. The van der Waals surface area contributed by atoms with Crippen molar-refractivity contribution in [3.63, 3.8) is 0 Å². The number of alkyl halides is 3. The van der Waals surface area contributed by atoms with E-state index in [0.29, 0.717) is 6.42 Å². The Labute approximate surface area is 233 Å². The number of thiocarbonyl (C=S) groups is 1. The van der Waals surface area contributed by atoms with Gasteiger partial charge in [-0.3, -0.25) is 4.79 Å². The average Bonchev–Trinajstić information content (AvgIpc) is 2.81. The van der Waals surface area contributed by atoms with Crippen molar-refractivity contribution >= 4 is 63.7 Å². The number of carbonyl (C=O) groups is 1. The number of carbonyl (C=O) groups excluding carboxylic acids is 1. The Hall–Kier alpha value is -0.750. The number of hydrogen-bond donors (Lipinski definition) is 3. The van der Waals surface area contributed by atoms with E-state index in [2.05, 4.69) is 22.9 Å². The van der Waals surface area contributed by atoms with Crippen LogP contribution in [0.5, 0.6) is 0 Å². The third-order valence-electron chi connectivity index (χ3n) is 5.95. The zero-order valence-corrected chi connectivity index (χ0v) is 24.3. The second-order valence-corrected chi connectivity index (χ2v) is 12.0. The minimum atomic E-state index is -1.74. The molecule has 0 saturated carbocycles. The Bertz CT molecular complexity index is 686. The maximum atomic E-state index is 12.4. The minimum absolute atomic E-state index is 0.161. The van der Waals surface area contributed by atoms with Crippen molar-refractivity contribution in [2.75, 3.05) is 5.32 Å². The van der Waals surface area contributed by atoms with Crippen molar-refractivity contribution in [2.45, 2.75) is 120 Å². The molecule has 0 unspecified atom stereocenters. The van der Waals surface area contributed by atoms with E-state index in [1.54, 1.807) is 0 Å². The zero-order chi connectivity index (χ0) is 25.8. The predicted molar refractivity (Wildman–Crippen MR) is 158 cm³/mol. The molecule has 1 rings (SSSR count). The Morgan fingerprint density at radius 2 is 1.23 bits per heavy atom. The molecule has 1 aromatic carbocycles. The molecule has 8 heteroatoms. The number of nitrogens with one attached hydrogen (secondary N) is 3. The van der Waals surface area contributed by atoms with Crippen LogP contribution in [0.15, 0.2) is 30.3 Å². The van der Waals surface area contributed by atoms with Gasteiger partial charge < -0.3 is 16.0 Å². The second-order valence-electron chi connectivity index (χ2n) is 9.21. The van der Waals surface area contributed by atoms with Crippen LogP contribution in [0.3, 0.4) is 0 Å². The van der Waals surface area contributed by atoms with Crippen LogP contribution in [0, 0.1) is 0 Å². The predicted octanol–water partition coefficient (Wildman–Crippen LogP) is 9.05. The summed E-state index contributed by atoms with van der Waals surface area (Å²) in [6, 6.07) is 9.41. The van der Waals surface area contributed by atoms with E-state index in [4.69, 9.17) is 47.0 Å². The molecule has 0 radical (unpaired) electrons.